The van der Waals surface area contributed by atoms with E-state index in [2.05, 4.69) is 22.5 Å². The van der Waals surface area contributed by atoms with Crippen molar-refractivity contribution in [3.8, 4) is 0 Å². The highest BCUT2D eigenvalue weighted by Crippen LogP contribution is 2.15. The Balaban J connectivity index is 2.06. The number of likely N-dealkylation sites (tertiary alicyclic amines) is 1. The second-order valence-electron chi connectivity index (χ2n) is 4.40. The Morgan fingerprint density at radius 3 is 3.06 bits per heavy atom. The molecular weight excluding hydrogens is 218 g/mol. The first-order valence-corrected chi connectivity index (χ1v) is 6.48. The van der Waals surface area contributed by atoms with Crippen molar-refractivity contribution < 1.29 is 9.53 Å². The molecule has 0 radical (unpaired) electrons. The van der Waals surface area contributed by atoms with E-state index in [1.807, 2.05) is 0 Å². The number of carbonyl (C=O) groups excluding carboxylic acids is 1. The lowest BCUT2D eigenvalue weighted by Gasteiger charge is -2.22. The number of methoxy groups -OCH3 is 1. The Morgan fingerprint density at radius 2 is 2.35 bits per heavy atom. The van der Waals surface area contributed by atoms with E-state index in [1.165, 1.54) is 19.4 Å². The number of ether oxygens (including phenoxy) is 1. The third kappa shape index (κ3) is 5.48. The van der Waals surface area contributed by atoms with Crippen LogP contribution >= 0.6 is 0 Å². The van der Waals surface area contributed by atoms with Crippen LogP contribution in [0, 0.1) is 0 Å². The SMILES string of the molecule is CCN1CCCC1CNC(=O)CNCCOC. The van der Waals surface area contributed by atoms with Gasteiger partial charge in [-0.2, -0.15) is 0 Å². The zero-order valence-electron chi connectivity index (χ0n) is 11.0. The summed E-state index contributed by atoms with van der Waals surface area (Å²) < 4.78 is 4.89. The quantitative estimate of drug-likeness (QED) is 0.581. The molecule has 0 aromatic heterocycles. The van der Waals surface area contributed by atoms with Gasteiger partial charge in [0.2, 0.25) is 5.91 Å². The second-order valence-corrected chi connectivity index (χ2v) is 4.40. The molecule has 1 amide bonds. The van der Waals surface area contributed by atoms with E-state index in [1.54, 1.807) is 7.11 Å². The molecule has 1 aliphatic heterocycles. The fraction of sp³-hybridized carbons (Fsp3) is 0.917. The monoisotopic (exact) mass is 243 g/mol. The Hall–Kier alpha value is -0.650. The van der Waals surface area contributed by atoms with Gasteiger partial charge in [0.15, 0.2) is 0 Å². The van der Waals surface area contributed by atoms with Crippen molar-refractivity contribution >= 4 is 5.91 Å². The number of nitrogens with zero attached hydrogens (tertiary/aromatic N) is 1. The van der Waals surface area contributed by atoms with E-state index in [0.717, 1.165) is 13.1 Å². The van der Waals surface area contributed by atoms with E-state index in [4.69, 9.17) is 4.74 Å². The molecule has 0 aliphatic carbocycles. The van der Waals surface area contributed by atoms with E-state index in [0.29, 0.717) is 25.7 Å². The second kappa shape index (κ2) is 8.44. The number of amides is 1. The van der Waals surface area contributed by atoms with Crippen LogP contribution in [0.1, 0.15) is 19.8 Å². The van der Waals surface area contributed by atoms with Gasteiger partial charge in [-0.05, 0) is 25.9 Å². The largest absolute Gasteiger partial charge is 0.383 e. The van der Waals surface area contributed by atoms with E-state index < -0.39 is 0 Å². The summed E-state index contributed by atoms with van der Waals surface area (Å²) in [7, 11) is 1.65. The normalized spacial score (nSPS) is 20.7. The summed E-state index contributed by atoms with van der Waals surface area (Å²) in [6.07, 6.45) is 2.45. The standard InChI is InChI=1S/C12H25N3O2/c1-3-15-7-4-5-11(15)9-14-12(16)10-13-6-8-17-2/h11,13H,3-10H2,1-2H3,(H,14,16). The lowest BCUT2D eigenvalue weighted by Crippen LogP contribution is -2.43. The number of likely N-dealkylation sites (N-methyl/N-ethyl adjacent to an activating group) is 1. The Kier molecular flexibility index (Phi) is 7.16. The summed E-state index contributed by atoms with van der Waals surface area (Å²) in [6.45, 7) is 6.93. The lowest BCUT2D eigenvalue weighted by molar-refractivity contribution is -0.120. The van der Waals surface area contributed by atoms with Crippen molar-refractivity contribution in [2.75, 3.05) is 46.4 Å². The number of rotatable bonds is 8. The van der Waals surface area contributed by atoms with E-state index in [-0.39, 0.29) is 5.91 Å². The maximum Gasteiger partial charge on any atom is 0.234 e. The number of hydrogen-bond acceptors (Lipinski definition) is 4. The topological polar surface area (TPSA) is 53.6 Å². The lowest BCUT2D eigenvalue weighted by atomic mass is 10.2. The van der Waals surface area contributed by atoms with Crippen molar-refractivity contribution in [1.82, 2.24) is 15.5 Å². The molecule has 0 saturated carbocycles. The molecule has 1 fully saturated rings. The molecule has 2 N–H and O–H groups in total. The Morgan fingerprint density at radius 1 is 1.53 bits per heavy atom. The number of carbonyl (C=O) groups is 1. The van der Waals surface area contributed by atoms with E-state index >= 15 is 0 Å². The van der Waals surface area contributed by atoms with Gasteiger partial charge in [-0.25, -0.2) is 0 Å². The molecule has 1 saturated heterocycles. The summed E-state index contributed by atoms with van der Waals surface area (Å²) in [4.78, 5) is 14.0. The van der Waals surface area contributed by atoms with Gasteiger partial charge in [0.05, 0.1) is 13.2 Å². The zero-order chi connectivity index (χ0) is 12.5. The molecule has 0 bridgehead atoms. The summed E-state index contributed by atoms with van der Waals surface area (Å²) in [5.74, 6) is 0.0732. The summed E-state index contributed by atoms with van der Waals surface area (Å²) >= 11 is 0. The summed E-state index contributed by atoms with van der Waals surface area (Å²) in [6, 6.07) is 0.530. The van der Waals surface area contributed by atoms with Crippen LogP contribution in [-0.2, 0) is 9.53 Å². The molecule has 0 aromatic carbocycles. The van der Waals surface area contributed by atoms with Crippen LogP contribution in [0.2, 0.25) is 0 Å². The van der Waals surface area contributed by atoms with Gasteiger partial charge >= 0.3 is 0 Å². The third-order valence-corrected chi connectivity index (χ3v) is 3.21. The highest BCUT2D eigenvalue weighted by Gasteiger charge is 2.22. The highest BCUT2D eigenvalue weighted by atomic mass is 16.5. The van der Waals surface area contributed by atoms with Gasteiger partial charge in [0.1, 0.15) is 0 Å². The Labute approximate surface area is 104 Å². The van der Waals surface area contributed by atoms with E-state index in [9.17, 15) is 4.79 Å². The minimum absolute atomic E-state index is 0.0732. The minimum atomic E-state index is 0.0732. The first kappa shape index (κ1) is 14.4. The van der Waals surface area contributed by atoms with Crippen LogP contribution in [0.4, 0.5) is 0 Å². The van der Waals surface area contributed by atoms with Crippen LogP contribution in [0.3, 0.4) is 0 Å². The maximum absolute atomic E-state index is 11.5. The first-order chi connectivity index (χ1) is 8.27. The molecule has 1 unspecified atom stereocenters. The van der Waals surface area contributed by atoms with Crippen molar-refractivity contribution in [2.45, 2.75) is 25.8 Å². The average Bonchev–Trinajstić information content (AvgIpc) is 2.79. The van der Waals surface area contributed by atoms with Gasteiger partial charge in [-0.15, -0.1) is 0 Å². The van der Waals surface area contributed by atoms with Crippen LogP contribution in [0.15, 0.2) is 0 Å². The van der Waals surface area contributed by atoms with Gasteiger partial charge in [0.25, 0.3) is 0 Å². The van der Waals surface area contributed by atoms with Crippen molar-refractivity contribution in [1.29, 1.82) is 0 Å². The van der Waals surface area contributed by atoms with Gasteiger partial charge in [-0.3, -0.25) is 9.69 Å². The van der Waals surface area contributed by atoms with Crippen LogP contribution in [0.25, 0.3) is 0 Å². The molecule has 100 valence electrons. The molecule has 1 atom stereocenters. The maximum atomic E-state index is 11.5. The van der Waals surface area contributed by atoms with Crippen molar-refractivity contribution in [3.05, 3.63) is 0 Å². The smallest absolute Gasteiger partial charge is 0.234 e. The highest BCUT2D eigenvalue weighted by molar-refractivity contribution is 5.77. The molecule has 5 nitrogen and oxygen atoms in total. The van der Waals surface area contributed by atoms with Gasteiger partial charge < -0.3 is 15.4 Å². The number of nitrogens with one attached hydrogen (secondary N) is 2. The minimum Gasteiger partial charge on any atom is -0.383 e. The van der Waals surface area contributed by atoms with Gasteiger partial charge in [-0.1, -0.05) is 6.92 Å². The van der Waals surface area contributed by atoms with Crippen LogP contribution in [-0.4, -0.2) is 63.3 Å². The van der Waals surface area contributed by atoms with Crippen molar-refractivity contribution in [2.24, 2.45) is 0 Å². The third-order valence-electron chi connectivity index (χ3n) is 3.21. The Bertz CT molecular complexity index is 224. The van der Waals surface area contributed by atoms with Crippen LogP contribution in [0.5, 0.6) is 0 Å². The molecule has 17 heavy (non-hydrogen) atoms. The van der Waals surface area contributed by atoms with Gasteiger partial charge in [0, 0.05) is 26.2 Å². The molecule has 0 spiro atoms. The fourth-order valence-corrected chi connectivity index (χ4v) is 2.21. The predicted octanol–water partition coefficient (Wildman–Crippen LogP) is -0.177. The van der Waals surface area contributed by atoms with Crippen molar-refractivity contribution in [3.63, 3.8) is 0 Å². The molecule has 1 rings (SSSR count). The molecule has 1 aliphatic rings. The fourth-order valence-electron chi connectivity index (χ4n) is 2.21. The average molecular weight is 243 g/mol. The van der Waals surface area contributed by atoms with Crippen LogP contribution < -0.4 is 10.6 Å². The first-order valence-electron chi connectivity index (χ1n) is 6.48. The molecule has 5 heteroatoms. The molecule has 1 heterocycles. The predicted molar refractivity (Wildman–Crippen MR) is 68.0 cm³/mol. The number of hydrogen-bond donors (Lipinski definition) is 2. The molecular formula is C12H25N3O2. The molecule has 0 aromatic rings. The summed E-state index contributed by atoms with van der Waals surface area (Å²) in [5, 5.41) is 6.02. The zero-order valence-corrected chi connectivity index (χ0v) is 11.0. The summed E-state index contributed by atoms with van der Waals surface area (Å²) in [5.41, 5.74) is 0.